The second-order valence-electron chi connectivity index (χ2n) is 1.51. The van der Waals surface area contributed by atoms with Gasteiger partial charge in [0.25, 0.3) is 10.5 Å². The molecule has 0 rings (SSSR count). The van der Waals surface area contributed by atoms with Crippen LogP contribution in [0.1, 0.15) is 0 Å². The molecule has 0 aromatic rings. The Morgan fingerprint density at radius 2 is 1.25 bits per heavy atom. The molecule has 0 bridgehead atoms. The van der Waals surface area contributed by atoms with Crippen molar-refractivity contribution in [3.05, 3.63) is 0 Å². The van der Waals surface area contributed by atoms with E-state index in [1.807, 2.05) is 0 Å². The molecule has 2 unspecified atom stereocenters. The fraction of sp³-hybridized carbons (Fsp3) is 0.500. The predicted octanol–water partition coefficient (Wildman–Crippen LogP) is 0.535. The lowest BCUT2D eigenvalue weighted by molar-refractivity contribution is -0.116. The van der Waals surface area contributed by atoms with Gasteiger partial charge in [0.2, 0.25) is 0 Å². The normalized spacial score (nSPS) is 15.3. The van der Waals surface area contributed by atoms with E-state index in [9.17, 15) is 9.59 Å². The first-order chi connectivity index (χ1) is 5.45. The average Bonchev–Trinajstić information content (AvgIpc) is 1.98. The number of rotatable bonds is 5. The molecule has 0 saturated heterocycles. The first-order valence-electron chi connectivity index (χ1n) is 2.52. The molecule has 4 nitrogen and oxygen atoms in total. The Kier molecular flexibility index (Phi) is 6.34. The minimum absolute atomic E-state index is 0.556. The Bertz CT molecular complexity index is 168. The molecule has 0 fully saturated rings. The van der Waals surface area contributed by atoms with Crippen LogP contribution in [-0.2, 0) is 9.59 Å². The Balaban J connectivity index is 3.68. The smallest absolute Gasteiger partial charge is 0.261 e. The van der Waals surface area contributed by atoms with Crippen LogP contribution in [0, 0.1) is 0 Å². The minimum atomic E-state index is -1.47. The van der Waals surface area contributed by atoms with Crippen molar-refractivity contribution in [2.45, 2.75) is 10.9 Å². The maximum absolute atomic E-state index is 10.2. The maximum Gasteiger partial charge on any atom is 0.261 e. The summed E-state index contributed by atoms with van der Waals surface area (Å²) in [5.74, 6) is 0. The number of aliphatic hydroxyl groups is 2. The van der Waals surface area contributed by atoms with Crippen molar-refractivity contribution in [2.75, 3.05) is 0 Å². The number of hydrogen-bond donors (Lipinski definition) is 2. The first kappa shape index (κ1) is 12.5. The molecule has 0 spiro atoms. The molecule has 0 aromatic carbocycles. The Morgan fingerprint density at radius 3 is 1.42 bits per heavy atom. The van der Waals surface area contributed by atoms with Crippen LogP contribution in [-0.4, -0.2) is 31.6 Å². The molecule has 2 atom stereocenters. The van der Waals surface area contributed by atoms with Crippen LogP contribution >= 0.6 is 44.8 Å². The summed E-state index contributed by atoms with van der Waals surface area (Å²) in [6.45, 7) is 0. The lowest BCUT2D eigenvalue weighted by Gasteiger charge is -2.05. The molecule has 0 aliphatic carbocycles. The van der Waals surface area contributed by atoms with Crippen molar-refractivity contribution in [1.29, 1.82) is 0 Å². The molecule has 0 radical (unpaired) electrons. The van der Waals surface area contributed by atoms with Crippen LogP contribution in [0.15, 0.2) is 0 Å². The number of aliphatic hydroxyl groups excluding tert-OH is 2. The van der Waals surface area contributed by atoms with Crippen LogP contribution < -0.4 is 0 Å². The molecule has 0 aromatic heterocycles. The highest BCUT2D eigenvalue weighted by Crippen LogP contribution is 2.30. The predicted molar refractivity (Wildman–Crippen MR) is 48.9 cm³/mol. The third kappa shape index (κ3) is 5.23. The SMILES string of the molecule is O=C(Cl)C(O)SSC(O)C(=O)Cl. The molecule has 0 amide bonds. The van der Waals surface area contributed by atoms with Crippen LogP contribution in [0.3, 0.4) is 0 Å². The van der Waals surface area contributed by atoms with Crippen LogP contribution in [0.2, 0.25) is 0 Å². The van der Waals surface area contributed by atoms with Crippen LogP contribution in [0.4, 0.5) is 0 Å². The third-order valence-corrected chi connectivity index (χ3v) is 3.63. The summed E-state index contributed by atoms with van der Waals surface area (Å²) in [5.41, 5.74) is -2.94. The van der Waals surface area contributed by atoms with Gasteiger partial charge in [0.05, 0.1) is 0 Å². The number of carbonyl (C=O) groups excluding carboxylic acids is 2. The number of carbonyl (C=O) groups is 2. The van der Waals surface area contributed by atoms with E-state index in [0.717, 1.165) is 0 Å². The summed E-state index contributed by atoms with van der Waals surface area (Å²) >= 11 is 9.74. The summed E-state index contributed by atoms with van der Waals surface area (Å²) < 4.78 is 0. The molecule has 8 heteroatoms. The van der Waals surface area contributed by atoms with E-state index in [0.29, 0.717) is 21.6 Å². The number of hydrogen-bond acceptors (Lipinski definition) is 6. The van der Waals surface area contributed by atoms with Gasteiger partial charge in [0.1, 0.15) is 0 Å². The third-order valence-electron chi connectivity index (χ3n) is 0.626. The fourth-order valence-electron chi connectivity index (χ4n) is 0.181. The highest BCUT2D eigenvalue weighted by atomic mass is 35.5. The molecule has 2 N–H and O–H groups in total. The monoisotopic (exact) mass is 250 g/mol. The van der Waals surface area contributed by atoms with E-state index in [4.69, 9.17) is 33.4 Å². The van der Waals surface area contributed by atoms with E-state index in [2.05, 4.69) is 0 Å². The summed E-state index contributed by atoms with van der Waals surface area (Å²) in [6, 6.07) is 0. The maximum atomic E-state index is 10.2. The second-order valence-corrected chi connectivity index (χ2v) is 4.68. The van der Waals surface area contributed by atoms with E-state index in [1.54, 1.807) is 0 Å². The van der Waals surface area contributed by atoms with Gasteiger partial charge in [-0.25, -0.2) is 0 Å². The lowest BCUT2D eigenvalue weighted by atomic mass is 10.8. The highest BCUT2D eigenvalue weighted by molar-refractivity contribution is 8.77. The van der Waals surface area contributed by atoms with Crippen LogP contribution in [0.25, 0.3) is 0 Å². The van der Waals surface area contributed by atoms with Crippen molar-refractivity contribution in [3.63, 3.8) is 0 Å². The molecule has 12 heavy (non-hydrogen) atoms. The van der Waals surface area contributed by atoms with Crippen molar-refractivity contribution in [2.24, 2.45) is 0 Å². The van der Waals surface area contributed by atoms with Crippen molar-refractivity contribution < 1.29 is 19.8 Å². The molecule has 0 aliphatic heterocycles. The van der Waals surface area contributed by atoms with Gasteiger partial charge >= 0.3 is 0 Å². The Morgan fingerprint density at radius 1 is 1.00 bits per heavy atom. The standard InChI is InChI=1S/C4H4Cl2O4S2/c5-1(7)3(9)11-12-4(10)2(6)8/h3-4,9-10H. The van der Waals surface area contributed by atoms with Gasteiger partial charge in [-0.2, -0.15) is 0 Å². The van der Waals surface area contributed by atoms with Crippen molar-refractivity contribution >= 4 is 55.3 Å². The lowest BCUT2D eigenvalue weighted by Crippen LogP contribution is -2.12. The van der Waals surface area contributed by atoms with Gasteiger partial charge in [-0.15, -0.1) is 0 Å². The van der Waals surface area contributed by atoms with Gasteiger partial charge in [-0.3, -0.25) is 9.59 Å². The van der Waals surface area contributed by atoms with Crippen molar-refractivity contribution in [3.8, 4) is 0 Å². The minimum Gasteiger partial charge on any atom is -0.373 e. The van der Waals surface area contributed by atoms with Gasteiger partial charge in [-0.1, -0.05) is 0 Å². The molecular formula is C4H4Cl2O4S2. The summed E-state index contributed by atoms with van der Waals surface area (Å²) in [5, 5.41) is 15.6. The summed E-state index contributed by atoms with van der Waals surface area (Å²) in [6.07, 6.45) is 0. The Hall–Kier alpha value is 0.540. The largest absolute Gasteiger partial charge is 0.373 e. The fourth-order valence-corrected chi connectivity index (χ4v) is 2.28. The topological polar surface area (TPSA) is 74.6 Å². The zero-order chi connectivity index (χ0) is 9.72. The summed E-state index contributed by atoms with van der Waals surface area (Å²) in [4.78, 5) is 20.4. The molecule has 70 valence electrons. The van der Waals surface area contributed by atoms with E-state index < -0.39 is 21.4 Å². The van der Waals surface area contributed by atoms with Gasteiger partial charge in [-0.05, 0) is 44.8 Å². The van der Waals surface area contributed by atoms with Gasteiger partial charge in [0, 0.05) is 0 Å². The molecule has 0 saturated carbocycles. The van der Waals surface area contributed by atoms with Gasteiger partial charge < -0.3 is 10.2 Å². The quantitative estimate of drug-likeness (QED) is 0.422. The molecule has 0 aliphatic rings. The van der Waals surface area contributed by atoms with Gasteiger partial charge in [0.15, 0.2) is 10.9 Å². The van der Waals surface area contributed by atoms with Crippen molar-refractivity contribution in [1.82, 2.24) is 0 Å². The highest BCUT2D eigenvalue weighted by Gasteiger charge is 2.19. The molecule has 0 heterocycles. The number of halogens is 2. The molecular weight excluding hydrogens is 247 g/mol. The Labute approximate surface area is 86.0 Å². The van der Waals surface area contributed by atoms with E-state index in [1.165, 1.54) is 0 Å². The van der Waals surface area contributed by atoms with E-state index >= 15 is 0 Å². The summed E-state index contributed by atoms with van der Waals surface area (Å²) in [7, 11) is 1.11. The van der Waals surface area contributed by atoms with Crippen LogP contribution in [0.5, 0.6) is 0 Å². The zero-order valence-corrected chi connectivity index (χ0v) is 8.58. The first-order valence-corrected chi connectivity index (χ1v) is 5.55. The average molecular weight is 251 g/mol. The zero-order valence-electron chi connectivity index (χ0n) is 5.44. The van der Waals surface area contributed by atoms with E-state index in [-0.39, 0.29) is 0 Å². The second kappa shape index (κ2) is 6.06.